The Labute approximate surface area is 123 Å². The van der Waals surface area contributed by atoms with Gasteiger partial charge in [0.1, 0.15) is 0 Å². The van der Waals surface area contributed by atoms with Crippen molar-refractivity contribution < 1.29 is 4.43 Å². The van der Waals surface area contributed by atoms with Gasteiger partial charge in [-0.15, -0.1) is 0 Å². The van der Waals surface area contributed by atoms with Crippen molar-refractivity contribution in [3.8, 4) is 0 Å². The Balaban J connectivity index is 4.97. The minimum Gasteiger partial charge on any atom is -0.415 e. The highest BCUT2D eigenvalue weighted by Crippen LogP contribution is 2.42. The van der Waals surface area contributed by atoms with Crippen LogP contribution in [0.25, 0.3) is 0 Å². The van der Waals surface area contributed by atoms with E-state index in [0.29, 0.717) is 22.5 Å². The Morgan fingerprint density at radius 1 is 1.00 bits per heavy atom. The Morgan fingerprint density at radius 3 is 1.68 bits per heavy atom. The molecule has 0 saturated heterocycles. The lowest BCUT2D eigenvalue weighted by atomic mass is 9.98. The molecule has 0 aliphatic carbocycles. The van der Waals surface area contributed by atoms with E-state index in [1.165, 1.54) is 18.4 Å². The van der Waals surface area contributed by atoms with Gasteiger partial charge in [0.15, 0.2) is 8.32 Å². The van der Waals surface area contributed by atoms with E-state index in [1.807, 2.05) is 0 Å². The third kappa shape index (κ3) is 4.75. The summed E-state index contributed by atoms with van der Waals surface area (Å²) in [7, 11) is -1.71. The third-order valence-electron chi connectivity index (χ3n) is 4.58. The zero-order valence-electron chi connectivity index (χ0n) is 14.5. The number of hydrogen-bond acceptors (Lipinski definition) is 1. The van der Waals surface area contributed by atoms with Crippen LogP contribution in [0.5, 0.6) is 0 Å². The highest BCUT2D eigenvalue weighted by molar-refractivity contribution is 6.77. The first-order valence-electron chi connectivity index (χ1n) is 7.99. The summed E-state index contributed by atoms with van der Waals surface area (Å²) < 4.78 is 6.67. The van der Waals surface area contributed by atoms with E-state index in [-0.39, 0.29) is 0 Å². The molecular weight excluding hydrogens is 248 g/mol. The van der Waals surface area contributed by atoms with E-state index in [2.05, 4.69) is 62.0 Å². The van der Waals surface area contributed by atoms with Gasteiger partial charge in [0.05, 0.1) is 0 Å². The SMILES string of the molecule is C=C(C)C(CCC)CO[Si](C(C)C)(C(C)C)C(C)C. The number of hydrogen-bond donors (Lipinski definition) is 0. The van der Waals surface area contributed by atoms with Gasteiger partial charge in [-0.05, 0) is 30.0 Å². The van der Waals surface area contributed by atoms with Gasteiger partial charge in [-0.1, -0.05) is 67.0 Å². The molecule has 0 spiro atoms. The van der Waals surface area contributed by atoms with Crippen molar-refractivity contribution in [2.24, 2.45) is 5.92 Å². The molecule has 1 nitrogen and oxygen atoms in total. The summed E-state index contributed by atoms with van der Waals surface area (Å²) in [6.45, 7) is 23.5. The van der Waals surface area contributed by atoms with Gasteiger partial charge in [0.25, 0.3) is 0 Å². The molecule has 0 heterocycles. The molecule has 0 fully saturated rings. The molecule has 0 rings (SSSR count). The van der Waals surface area contributed by atoms with Crippen molar-refractivity contribution in [1.29, 1.82) is 0 Å². The fraction of sp³-hybridized carbons (Fsp3) is 0.882. The van der Waals surface area contributed by atoms with Gasteiger partial charge in [-0.3, -0.25) is 0 Å². The van der Waals surface area contributed by atoms with Crippen molar-refractivity contribution in [3.63, 3.8) is 0 Å². The third-order valence-corrected chi connectivity index (χ3v) is 10.7. The Kier molecular flexibility index (Phi) is 8.22. The minimum absolute atomic E-state index is 0.535. The lowest BCUT2D eigenvalue weighted by molar-refractivity contribution is 0.231. The van der Waals surface area contributed by atoms with Crippen LogP contribution < -0.4 is 0 Å². The first kappa shape index (κ1) is 18.9. The van der Waals surface area contributed by atoms with Gasteiger partial charge in [0.2, 0.25) is 0 Å². The summed E-state index contributed by atoms with van der Waals surface area (Å²) in [4.78, 5) is 0. The predicted molar refractivity (Wildman–Crippen MR) is 90.2 cm³/mol. The molecule has 0 amide bonds. The molecule has 1 unspecified atom stereocenters. The Bertz CT molecular complexity index is 247. The van der Waals surface area contributed by atoms with Crippen molar-refractivity contribution >= 4 is 8.32 Å². The van der Waals surface area contributed by atoms with E-state index in [0.717, 1.165) is 6.61 Å². The maximum atomic E-state index is 6.67. The predicted octanol–water partition coefficient (Wildman–Crippen LogP) is 6.17. The molecule has 0 aromatic rings. The van der Waals surface area contributed by atoms with Gasteiger partial charge in [-0.2, -0.15) is 0 Å². The second kappa shape index (κ2) is 8.26. The standard InChI is InChI=1S/C17H36OSi/c1-10-11-17(13(2)3)12-18-19(14(4)5,15(6)7)16(8)9/h14-17H,2,10-12H2,1,3-9H3. The van der Waals surface area contributed by atoms with Crippen LogP contribution in [0.15, 0.2) is 12.2 Å². The Morgan fingerprint density at radius 2 is 1.42 bits per heavy atom. The van der Waals surface area contributed by atoms with Crippen molar-refractivity contribution in [1.82, 2.24) is 0 Å². The lowest BCUT2D eigenvalue weighted by Crippen LogP contribution is -2.48. The second-order valence-electron chi connectivity index (χ2n) is 6.96. The molecule has 0 bridgehead atoms. The maximum absolute atomic E-state index is 6.67. The highest BCUT2D eigenvalue weighted by Gasteiger charge is 2.45. The monoisotopic (exact) mass is 284 g/mol. The second-order valence-corrected chi connectivity index (χ2v) is 12.4. The molecule has 0 aromatic carbocycles. The van der Waals surface area contributed by atoms with E-state index < -0.39 is 8.32 Å². The molecule has 1 atom stereocenters. The van der Waals surface area contributed by atoms with Crippen LogP contribution in [-0.2, 0) is 4.43 Å². The highest BCUT2D eigenvalue weighted by atomic mass is 28.4. The molecule has 19 heavy (non-hydrogen) atoms. The summed E-state index contributed by atoms with van der Waals surface area (Å²) >= 11 is 0. The summed E-state index contributed by atoms with van der Waals surface area (Å²) in [5, 5.41) is 0. The molecule has 0 radical (unpaired) electrons. The molecule has 0 N–H and O–H groups in total. The molecule has 0 aliphatic rings. The van der Waals surface area contributed by atoms with Crippen LogP contribution in [0.1, 0.15) is 68.2 Å². The lowest BCUT2D eigenvalue weighted by Gasteiger charge is -2.43. The van der Waals surface area contributed by atoms with Crippen LogP contribution >= 0.6 is 0 Å². The van der Waals surface area contributed by atoms with Crippen molar-refractivity contribution in [2.45, 2.75) is 84.9 Å². The first-order valence-corrected chi connectivity index (χ1v) is 10.1. The zero-order valence-corrected chi connectivity index (χ0v) is 15.5. The molecule has 0 aliphatic heterocycles. The number of rotatable bonds is 9. The van der Waals surface area contributed by atoms with Crippen molar-refractivity contribution in [2.75, 3.05) is 6.61 Å². The van der Waals surface area contributed by atoms with E-state index in [9.17, 15) is 0 Å². The summed E-state index contributed by atoms with van der Waals surface area (Å²) in [5.74, 6) is 0.535. The fourth-order valence-corrected chi connectivity index (χ4v) is 9.06. The van der Waals surface area contributed by atoms with Crippen LogP contribution in [0.4, 0.5) is 0 Å². The van der Waals surface area contributed by atoms with Crippen LogP contribution in [0, 0.1) is 5.92 Å². The molecule has 0 saturated carbocycles. The molecule has 114 valence electrons. The van der Waals surface area contributed by atoms with Gasteiger partial charge in [0, 0.05) is 12.5 Å². The summed E-state index contributed by atoms with van der Waals surface area (Å²) in [6.07, 6.45) is 2.41. The molecular formula is C17H36OSi. The van der Waals surface area contributed by atoms with E-state index in [1.54, 1.807) is 0 Å². The Hall–Kier alpha value is -0.0831. The molecule has 2 heteroatoms. The first-order chi connectivity index (χ1) is 8.70. The summed E-state index contributed by atoms with van der Waals surface area (Å²) in [6, 6.07) is 0. The zero-order chi connectivity index (χ0) is 15.2. The van der Waals surface area contributed by atoms with Crippen molar-refractivity contribution in [3.05, 3.63) is 12.2 Å². The fourth-order valence-electron chi connectivity index (χ4n) is 3.57. The van der Waals surface area contributed by atoms with Gasteiger partial charge >= 0.3 is 0 Å². The van der Waals surface area contributed by atoms with Gasteiger partial charge in [-0.25, -0.2) is 0 Å². The normalized spacial score (nSPS) is 14.5. The quantitative estimate of drug-likeness (QED) is 0.363. The van der Waals surface area contributed by atoms with E-state index >= 15 is 0 Å². The average molecular weight is 285 g/mol. The summed E-state index contributed by atoms with van der Waals surface area (Å²) in [5.41, 5.74) is 3.28. The van der Waals surface area contributed by atoms with Gasteiger partial charge < -0.3 is 4.43 Å². The largest absolute Gasteiger partial charge is 0.415 e. The smallest absolute Gasteiger partial charge is 0.200 e. The van der Waals surface area contributed by atoms with Crippen LogP contribution in [-0.4, -0.2) is 14.9 Å². The van der Waals surface area contributed by atoms with E-state index in [4.69, 9.17) is 4.43 Å². The topological polar surface area (TPSA) is 9.23 Å². The molecule has 0 aromatic heterocycles. The minimum atomic E-state index is -1.71. The van der Waals surface area contributed by atoms with Crippen LogP contribution in [0.3, 0.4) is 0 Å². The van der Waals surface area contributed by atoms with Crippen LogP contribution in [0.2, 0.25) is 16.6 Å². The maximum Gasteiger partial charge on any atom is 0.200 e. The average Bonchev–Trinajstić information content (AvgIpc) is 2.26.